The molecule has 0 unspecified atom stereocenters. The van der Waals surface area contributed by atoms with Gasteiger partial charge in [0, 0.05) is 5.39 Å². The third-order valence-corrected chi connectivity index (χ3v) is 5.78. The van der Waals surface area contributed by atoms with Gasteiger partial charge in [0.05, 0.1) is 0 Å². The SMILES string of the molecule is CC(C)(C)c1cc(C(C)(C)C)c2cc3cccc(S(=O)(=O)O)c3cc2c1. The zero-order chi connectivity index (χ0) is 19.5. The average Bonchev–Trinajstić information content (AvgIpc) is 2.48. The Balaban J connectivity index is 2.51. The predicted octanol–water partition coefficient (Wildman–Crippen LogP) is 5.83. The van der Waals surface area contributed by atoms with Crippen molar-refractivity contribution >= 4 is 31.7 Å². The molecule has 4 heteroatoms. The van der Waals surface area contributed by atoms with Crippen LogP contribution in [0, 0.1) is 0 Å². The number of fused-ring (bicyclic) bond motifs is 2. The quantitative estimate of drug-likeness (QED) is 0.433. The molecule has 0 spiro atoms. The van der Waals surface area contributed by atoms with Gasteiger partial charge in [-0.3, -0.25) is 4.55 Å². The summed E-state index contributed by atoms with van der Waals surface area (Å²) in [6.07, 6.45) is 0. The van der Waals surface area contributed by atoms with Crippen molar-refractivity contribution in [3.63, 3.8) is 0 Å². The monoisotopic (exact) mass is 370 g/mol. The molecule has 0 aromatic heterocycles. The second-order valence-electron chi connectivity index (χ2n) is 9.05. The highest BCUT2D eigenvalue weighted by molar-refractivity contribution is 7.86. The fourth-order valence-corrected chi connectivity index (χ4v) is 4.09. The van der Waals surface area contributed by atoms with E-state index in [0.717, 1.165) is 16.2 Å². The van der Waals surface area contributed by atoms with Crippen molar-refractivity contribution in [3.05, 3.63) is 53.6 Å². The summed E-state index contributed by atoms with van der Waals surface area (Å²) in [5.41, 5.74) is 2.37. The van der Waals surface area contributed by atoms with Crippen LogP contribution in [0.2, 0.25) is 0 Å². The van der Waals surface area contributed by atoms with E-state index in [-0.39, 0.29) is 15.7 Å². The summed E-state index contributed by atoms with van der Waals surface area (Å²) in [6, 6.07) is 13.3. The smallest absolute Gasteiger partial charge is 0.282 e. The number of benzene rings is 3. The Hall–Kier alpha value is -1.91. The molecule has 0 radical (unpaired) electrons. The molecule has 1 N–H and O–H groups in total. The van der Waals surface area contributed by atoms with E-state index in [9.17, 15) is 13.0 Å². The Labute approximate surface area is 155 Å². The van der Waals surface area contributed by atoms with Gasteiger partial charge in [0.1, 0.15) is 4.90 Å². The molecule has 0 fully saturated rings. The molecular weight excluding hydrogens is 344 g/mol. The Morgan fingerprint density at radius 1 is 0.769 bits per heavy atom. The van der Waals surface area contributed by atoms with E-state index >= 15 is 0 Å². The van der Waals surface area contributed by atoms with E-state index in [4.69, 9.17) is 0 Å². The molecule has 0 bridgehead atoms. The zero-order valence-electron chi connectivity index (χ0n) is 16.2. The highest BCUT2D eigenvalue weighted by Gasteiger charge is 2.23. The normalized spacial score (nSPS) is 13.5. The Morgan fingerprint density at radius 3 is 1.92 bits per heavy atom. The molecular formula is C22H26O3S. The van der Waals surface area contributed by atoms with Crippen molar-refractivity contribution < 1.29 is 13.0 Å². The Morgan fingerprint density at radius 2 is 1.38 bits per heavy atom. The van der Waals surface area contributed by atoms with Crippen LogP contribution in [0.1, 0.15) is 52.7 Å². The summed E-state index contributed by atoms with van der Waals surface area (Å²) in [7, 11) is -4.28. The van der Waals surface area contributed by atoms with Gasteiger partial charge in [-0.1, -0.05) is 65.8 Å². The topological polar surface area (TPSA) is 54.4 Å². The van der Waals surface area contributed by atoms with Crippen LogP contribution in [0.4, 0.5) is 0 Å². The van der Waals surface area contributed by atoms with Gasteiger partial charge in [0.15, 0.2) is 0 Å². The van der Waals surface area contributed by atoms with Gasteiger partial charge in [-0.15, -0.1) is 0 Å². The number of hydrogen-bond donors (Lipinski definition) is 1. The summed E-state index contributed by atoms with van der Waals surface area (Å²) in [6.45, 7) is 13.1. The highest BCUT2D eigenvalue weighted by Crippen LogP contribution is 2.38. The minimum atomic E-state index is -4.28. The van der Waals surface area contributed by atoms with Gasteiger partial charge < -0.3 is 0 Å². The first-order valence-electron chi connectivity index (χ1n) is 8.77. The molecule has 0 aliphatic rings. The van der Waals surface area contributed by atoms with Crippen molar-refractivity contribution in [2.45, 2.75) is 57.3 Å². The fourth-order valence-electron chi connectivity index (χ4n) is 3.39. The lowest BCUT2D eigenvalue weighted by Gasteiger charge is -2.27. The van der Waals surface area contributed by atoms with Crippen LogP contribution in [0.5, 0.6) is 0 Å². The molecule has 3 nitrogen and oxygen atoms in total. The fraction of sp³-hybridized carbons (Fsp3) is 0.364. The first-order valence-corrected chi connectivity index (χ1v) is 10.2. The molecule has 0 amide bonds. The molecule has 0 heterocycles. The number of rotatable bonds is 1. The van der Waals surface area contributed by atoms with Crippen LogP contribution in [-0.2, 0) is 20.9 Å². The summed E-state index contributed by atoms with van der Waals surface area (Å²) < 4.78 is 33.2. The van der Waals surface area contributed by atoms with E-state index in [1.54, 1.807) is 6.07 Å². The molecule has 3 aromatic carbocycles. The van der Waals surface area contributed by atoms with Gasteiger partial charge in [-0.25, -0.2) is 0 Å². The maximum Gasteiger partial charge on any atom is 0.295 e. The third-order valence-electron chi connectivity index (χ3n) is 4.86. The van der Waals surface area contributed by atoms with Crippen molar-refractivity contribution in [2.24, 2.45) is 0 Å². The molecule has 0 saturated heterocycles. The van der Waals surface area contributed by atoms with E-state index in [0.29, 0.717) is 5.39 Å². The maximum atomic E-state index is 11.8. The summed E-state index contributed by atoms with van der Waals surface area (Å²) >= 11 is 0. The second-order valence-corrected chi connectivity index (χ2v) is 10.4. The molecule has 3 aromatic rings. The van der Waals surface area contributed by atoms with Crippen LogP contribution < -0.4 is 0 Å². The van der Waals surface area contributed by atoms with Crippen LogP contribution >= 0.6 is 0 Å². The van der Waals surface area contributed by atoms with Gasteiger partial charge >= 0.3 is 0 Å². The summed E-state index contributed by atoms with van der Waals surface area (Å²) in [5, 5.41) is 3.46. The van der Waals surface area contributed by atoms with E-state index in [2.05, 4.69) is 53.7 Å². The molecule has 138 valence electrons. The number of hydrogen-bond acceptors (Lipinski definition) is 2. The summed E-state index contributed by atoms with van der Waals surface area (Å²) in [4.78, 5) is -0.0460. The minimum Gasteiger partial charge on any atom is -0.282 e. The lowest BCUT2D eigenvalue weighted by atomic mass is 9.78. The Bertz CT molecular complexity index is 1110. The first-order chi connectivity index (χ1) is 11.8. The largest absolute Gasteiger partial charge is 0.295 e. The molecule has 0 aliphatic carbocycles. The highest BCUT2D eigenvalue weighted by atomic mass is 32.2. The standard InChI is InChI=1S/C22H26O3S/c1-21(2,3)16-10-15-12-18-14(8-7-9-20(18)26(23,24)25)11-17(15)19(13-16)22(4,5)6/h7-13H,1-6H3,(H,23,24,25). The van der Waals surface area contributed by atoms with Crippen molar-refractivity contribution in [3.8, 4) is 0 Å². The Kier molecular flexibility index (Phi) is 4.21. The van der Waals surface area contributed by atoms with Gasteiger partial charge in [0.25, 0.3) is 10.1 Å². The molecule has 0 saturated carbocycles. The predicted molar refractivity (Wildman–Crippen MR) is 109 cm³/mol. The third kappa shape index (κ3) is 3.36. The lowest BCUT2D eigenvalue weighted by Crippen LogP contribution is -2.16. The second kappa shape index (κ2) is 5.80. The van der Waals surface area contributed by atoms with Gasteiger partial charge in [-0.05, 0) is 56.3 Å². The van der Waals surface area contributed by atoms with Gasteiger partial charge in [0.2, 0.25) is 0 Å². The minimum absolute atomic E-state index is 0.0221. The maximum absolute atomic E-state index is 11.8. The summed E-state index contributed by atoms with van der Waals surface area (Å²) in [5.74, 6) is 0. The first kappa shape index (κ1) is 18.9. The molecule has 0 atom stereocenters. The van der Waals surface area contributed by atoms with Crippen LogP contribution in [0.25, 0.3) is 21.5 Å². The van der Waals surface area contributed by atoms with Gasteiger partial charge in [-0.2, -0.15) is 8.42 Å². The zero-order valence-corrected chi connectivity index (χ0v) is 17.0. The average molecular weight is 371 g/mol. The molecule has 26 heavy (non-hydrogen) atoms. The van der Waals surface area contributed by atoms with Crippen LogP contribution in [0.3, 0.4) is 0 Å². The van der Waals surface area contributed by atoms with Crippen molar-refractivity contribution in [1.29, 1.82) is 0 Å². The lowest BCUT2D eigenvalue weighted by molar-refractivity contribution is 0.484. The van der Waals surface area contributed by atoms with E-state index in [1.807, 2.05) is 18.2 Å². The van der Waals surface area contributed by atoms with Crippen molar-refractivity contribution in [1.82, 2.24) is 0 Å². The van der Waals surface area contributed by atoms with Crippen molar-refractivity contribution in [2.75, 3.05) is 0 Å². The molecule has 0 aliphatic heterocycles. The molecule has 3 rings (SSSR count). The van der Waals surface area contributed by atoms with E-state index < -0.39 is 10.1 Å². The van der Waals surface area contributed by atoms with Crippen LogP contribution in [-0.4, -0.2) is 13.0 Å². The van der Waals surface area contributed by atoms with E-state index in [1.165, 1.54) is 17.2 Å². The van der Waals surface area contributed by atoms with Crippen LogP contribution in [0.15, 0.2) is 47.4 Å².